The van der Waals surface area contributed by atoms with E-state index in [1.807, 2.05) is 0 Å². The minimum absolute atomic E-state index is 0.354. The predicted octanol–water partition coefficient (Wildman–Crippen LogP) is 4.27. The second-order valence-corrected chi connectivity index (χ2v) is 5.20. The Kier molecular flexibility index (Phi) is 3.44. The van der Waals surface area contributed by atoms with Crippen molar-refractivity contribution in [3.63, 3.8) is 0 Å². The van der Waals surface area contributed by atoms with Gasteiger partial charge in [0.1, 0.15) is 5.75 Å². The Morgan fingerprint density at radius 2 is 2.00 bits per heavy atom. The zero-order valence-electron chi connectivity index (χ0n) is 10.1. The Bertz CT molecular complexity index is 367. The van der Waals surface area contributed by atoms with E-state index in [1.165, 1.54) is 31.2 Å². The van der Waals surface area contributed by atoms with E-state index in [2.05, 4.69) is 25.1 Å². The van der Waals surface area contributed by atoms with E-state index >= 15 is 0 Å². The fourth-order valence-corrected chi connectivity index (χ4v) is 2.91. The van der Waals surface area contributed by atoms with Crippen LogP contribution in [0.3, 0.4) is 0 Å². The van der Waals surface area contributed by atoms with Crippen LogP contribution in [-0.2, 0) is 11.3 Å². The summed E-state index contributed by atoms with van der Waals surface area (Å²) in [6.07, 6.45) is 5.28. The van der Waals surface area contributed by atoms with Gasteiger partial charge in [-0.25, -0.2) is 0 Å². The van der Waals surface area contributed by atoms with Crippen LogP contribution >= 0.6 is 11.6 Å². The third kappa shape index (κ3) is 2.06. The topological polar surface area (TPSA) is 9.23 Å². The summed E-state index contributed by atoms with van der Waals surface area (Å²) in [5.74, 6) is 1.42. The first kappa shape index (κ1) is 11.8. The van der Waals surface area contributed by atoms with Crippen molar-refractivity contribution in [2.24, 2.45) is 0 Å². The molecule has 1 saturated carbocycles. The first-order chi connectivity index (χ1) is 7.69. The summed E-state index contributed by atoms with van der Waals surface area (Å²) in [7, 11) is 1.70. The highest BCUT2D eigenvalue weighted by Crippen LogP contribution is 2.41. The van der Waals surface area contributed by atoms with Gasteiger partial charge in [0.15, 0.2) is 0 Å². The maximum absolute atomic E-state index is 5.95. The van der Waals surface area contributed by atoms with E-state index in [0.29, 0.717) is 11.3 Å². The van der Waals surface area contributed by atoms with Gasteiger partial charge in [-0.2, -0.15) is 0 Å². The first-order valence-electron chi connectivity index (χ1n) is 5.93. The molecule has 1 aromatic rings. The fourth-order valence-electron chi connectivity index (χ4n) is 2.70. The van der Waals surface area contributed by atoms with Crippen LogP contribution in [0.4, 0.5) is 0 Å². The van der Waals surface area contributed by atoms with E-state index in [0.717, 1.165) is 11.3 Å². The number of hydrogen-bond donors (Lipinski definition) is 0. The monoisotopic (exact) mass is 238 g/mol. The zero-order chi connectivity index (χ0) is 11.6. The largest absolute Gasteiger partial charge is 0.496 e. The lowest BCUT2D eigenvalue weighted by atomic mass is 9.80. The summed E-state index contributed by atoms with van der Waals surface area (Å²) >= 11 is 5.95. The number of alkyl halides is 1. The molecule has 16 heavy (non-hydrogen) atoms. The highest BCUT2D eigenvalue weighted by Gasteiger charge is 2.30. The summed E-state index contributed by atoms with van der Waals surface area (Å²) in [5, 5.41) is 0. The average Bonchev–Trinajstić information content (AvgIpc) is 2.76. The second kappa shape index (κ2) is 4.67. The van der Waals surface area contributed by atoms with Crippen molar-refractivity contribution >= 4 is 11.6 Å². The van der Waals surface area contributed by atoms with Gasteiger partial charge in [-0.1, -0.05) is 31.9 Å². The smallest absolute Gasteiger partial charge is 0.123 e. The van der Waals surface area contributed by atoms with Gasteiger partial charge in [0.25, 0.3) is 0 Å². The lowest BCUT2D eigenvalue weighted by molar-refractivity contribution is 0.410. The van der Waals surface area contributed by atoms with Gasteiger partial charge < -0.3 is 4.74 Å². The molecule has 88 valence electrons. The average molecular weight is 239 g/mol. The molecule has 0 heterocycles. The Labute approximate surface area is 103 Å². The molecule has 0 atom stereocenters. The third-order valence-corrected chi connectivity index (χ3v) is 4.12. The van der Waals surface area contributed by atoms with Crippen LogP contribution in [-0.4, -0.2) is 7.11 Å². The molecule has 0 amide bonds. The Balaban J connectivity index is 2.35. The van der Waals surface area contributed by atoms with Gasteiger partial charge >= 0.3 is 0 Å². The van der Waals surface area contributed by atoms with Crippen molar-refractivity contribution in [3.05, 3.63) is 29.3 Å². The molecule has 0 N–H and O–H groups in total. The van der Waals surface area contributed by atoms with Crippen LogP contribution in [0.5, 0.6) is 5.75 Å². The van der Waals surface area contributed by atoms with Gasteiger partial charge in [0, 0.05) is 5.56 Å². The lowest BCUT2D eigenvalue weighted by Gasteiger charge is -2.25. The molecule has 0 unspecified atom stereocenters. The van der Waals surface area contributed by atoms with Gasteiger partial charge in [-0.15, -0.1) is 11.6 Å². The maximum Gasteiger partial charge on any atom is 0.123 e. The predicted molar refractivity (Wildman–Crippen MR) is 68.4 cm³/mol. The number of benzene rings is 1. The quantitative estimate of drug-likeness (QED) is 0.715. The molecule has 2 rings (SSSR count). The molecule has 2 heteroatoms. The molecular formula is C14H19ClO. The summed E-state index contributed by atoms with van der Waals surface area (Å²) in [6, 6.07) is 6.47. The molecule has 0 aromatic heterocycles. The molecule has 0 bridgehead atoms. The molecule has 0 spiro atoms. The van der Waals surface area contributed by atoms with Crippen molar-refractivity contribution in [2.45, 2.75) is 43.9 Å². The third-order valence-electron chi connectivity index (χ3n) is 3.83. The van der Waals surface area contributed by atoms with E-state index in [-0.39, 0.29) is 0 Å². The molecule has 1 nitrogen and oxygen atoms in total. The van der Waals surface area contributed by atoms with Crippen LogP contribution in [0.2, 0.25) is 0 Å². The van der Waals surface area contributed by atoms with Gasteiger partial charge in [0.05, 0.1) is 13.0 Å². The van der Waals surface area contributed by atoms with Crippen LogP contribution in [0.1, 0.15) is 43.7 Å². The highest BCUT2D eigenvalue weighted by molar-refractivity contribution is 6.17. The van der Waals surface area contributed by atoms with Crippen molar-refractivity contribution in [1.82, 2.24) is 0 Å². The highest BCUT2D eigenvalue weighted by atomic mass is 35.5. The maximum atomic E-state index is 5.95. The molecule has 1 aliphatic carbocycles. The normalized spacial score (nSPS) is 18.7. The number of methoxy groups -OCH3 is 1. The molecule has 0 aliphatic heterocycles. The molecule has 1 fully saturated rings. The Hall–Kier alpha value is -0.690. The summed E-state index contributed by atoms with van der Waals surface area (Å²) < 4.78 is 5.30. The van der Waals surface area contributed by atoms with E-state index in [9.17, 15) is 0 Å². The van der Waals surface area contributed by atoms with Crippen LogP contribution < -0.4 is 4.74 Å². The van der Waals surface area contributed by atoms with Gasteiger partial charge in [-0.05, 0) is 29.9 Å². The first-order valence-corrected chi connectivity index (χ1v) is 6.46. The number of rotatable bonds is 3. The minimum Gasteiger partial charge on any atom is -0.496 e. The van der Waals surface area contributed by atoms with Crippen LogP contribution in [0.15, 0.2) is 18.2 Å². The summed E-state index contributed by atoms with van der Waals surface area (Å²) in [4.78, 5) is 0. The number of hydrogen-bond acceptors (Lipinski definition) is 1. The Morgan fingerprint density at radius 3 is 2.56 bits per heavy atom. The van der Waals surface area contributed by atoms with Gasteiger partial charge in [-0.3, -0.25) is 0 Å². The zero-order valence-corrected chi connectivity index (χ0v) is 10.8. The fraction of sp³-hybridized carbons (Fsp3) is 0.571. The molecular weight excluding hydrogens is 220 g/mol. The van der Waals surface area contributed by atoms with Crippen molar-refractivity contribution < 1.29 is 4.74 Å². The lowest BCUT2D eigenvalue weighted by Crippen LogP contribution is -2.16. The molecule has 1 aromatic carbocycles. The van der Waals surface area contributed by atoms with E-state index < -0.39 is 0 Å². The van der Waals surface area contributed by atoms with Crippen LogP contribution in [0.25, 0.3) is 0 Å². The summed E-state index contributed by atoms with van der Waals surface area (Å²) in [5.41, 5.74) is 2.88. The van der Waals surface area contributed by atoms with E-state index in [1.54, 1.807) is 7.11 Å². The number of ether oxygens (including phenoxy) is 1. The minimum atomic E-state index is 0.354. The second-order valence-electron chi connectivity index (χ2n) is 4.93. The van der Waals surface area contributed by atoms with E-state index in [4.69, 9.17) is 16.3 Å². The van der Waals surface area contributed by atoms with Gasteiger partial charge in [0.2, 0.25) is 0 Å². The Morgan fingerprint density at radius 1 is 1.31 bits per heavy atom. The SMILES string of the molecule is COc1ccc(C2(C)CCCC2)cc1CCl. The summed E-state index contributed by atoms with van der Waals surface area (Å²) in [6.45, 7) is 2.36. The van der Waals surface area contributed by atoms with Crippen molar-refractivity contribution in [3.8, 4) is 5.75 Å². The van der Waals surface area contributed by atoms with Crippen molar-refractivity contribution in [1.29, 1.82) is 0 Å². The molecule has 1 aliphatic rings. The molecule has 0 radical (unpaired) electrons. The standard InChI is InChI=1S/C14H19ClO/c1-14(7-3-4-8-14)12-5-6-13(16-2)11(9-12)10-15/h5-6,9H,3-4,7-8,10H2,1-2H3. The van der Waals surface area contributed by atoms with Crippen molar-refractivity contribution in [2.75, 3.05) is 7.11 Å². The molecule has 0 saturated heterocycles. The van der Waals surface area contributed by atoms with Crippen LogP contribution in [0, 0.1) is 0 Å². The number of halogens is 1.